The van der Waals surface area contributed by atoms with E-state index >= 15 is 0 Å². The average Bonchev–Trinajstić information content (AvgIpc) is 2.41. The van der Waals surface area contributed by atoms with Gasteiger partial charge in [-0.15, -0.1) is 10.2 Å². The van der Waals surface area contributed by atoms with Crippen LogP contribution in [0.25, 0.3) is 0 Å². The van der Waals surface area contributed by atoms with Gasteiger partial charge in [-0.05, 0) is 6.42 Å². The highest BCUT2D eigenvalue weighted by Gasteiger charge is 2.24. The van der Waals surface area contributed by atoms with Gasteiger partial charge in [-0.1, -0.05) is 19.8 Å². The van der Waals surface area contributed by atoms with Gasteiger partial charge in [-0.3, -0.25) is 9.59 Å². The first-order chi connectivity index (χ1) is 9.92. The number of aliphatic carboxylic acids is 2. The van der Waals surface area contributed by atoms with Crippen LogP contribution in [0.2, 0.25) is 0 Å². The van der Waals surface area contributed by atoms with Crippen LogP contribution in [0.3, 0.4) is 0 Å². The van der Waals surface area contributed by atoms with Gasteiger partial charge >= 0.3 is 11.9 Å². The highest BCUT2D eigenvalue weighted by molar-refractivity contribution is 5.92. The van der Waals surface area contributed by atoms with Gasteiger partial charge in [-0.25, -0.2) is 11.1 Å². The Hall–Kier alpha value is -2.92. The van der Waals surface area contributed by atoms with Crippen molar-refractivity contribution in [2.24, 2.45) is 38.0 Å². The molecule has 0 atom stereocenters. The zero-order chi connectivity index (χ0) is 17.1. The fraction of sp³-hybridized carbons (Fsp3) is 0.556. The summed E-state index contributed by atoms with van der Waals surface area (Å²) in [4.78, 5) is 20.5. The van der Waals surface area contributed by atoms with Crippen LogP contribution in [-0.4, -0.2) is 34.8 Å². The molecule has 0 aliphatic heterocycles. The summed E-state index contributed by atoms with van der Waals surface area (Å²) in [6.45, 7) is 1.89. The number of carboxylic acid groups (broad SMARTS) is 2. The molecule has 0 unspecified atom stereocenters. The first-order valence-corrected chi connectivity index (χ1v) is 5.54. The molecule has 12 heteroatoms. The van der Waals surface area contributed by atoms with Crippen LogP contribution >= 0.6 is 0 Å². The normalized spacial score (nSPS) is 9.43. The van der Waals surface area contributed by atoms with Crippen LogP contribution in [0, 0.1) is 17.0 Å². The summed E-state index contributed by atoms with van der Waals surface area (Å²) in [7, 11) is 0. The van der Waals surface area contributed by atoms with Crippen molar-refractivity contribution in [2.75, 3.05) is 0 Å². The molecule has 0 saturated carbocycles. The first kappa shape index (κ1) is 23.2. The lowest BCUT2D eigenvalue weighted by Gasteiger charge is -2.04. The lowest BCUT2D eigenvalue weighted by atomic mass is 10.0. The van der Waals surface area contributed by atoms with Crippen molar-refractivity contribution in [1.29, 1.82) is 11.1 Å². The molecule has 0 amide bonds. The Bertz CT molecular complexity index is 328. The van der Waals surface area contributed by atoms with Gasteiger partial charge in [0.05, 0.1) is 0 Å². The summed E-state index contributed by atoms with van der Waals surface area (Å²) in [6, 6.07) is 0. The fourth-order valence-electron chi connectivity index (χ4n) is 0.827. The van der Waals surface area contributed by atoms with Gasteiger partial charge in [0.15, 0.2) is 18.6 Å². The SMILES string of the molecule is CCCCC(C(=O)O)C(=O)O.N=NC=NN.N=NC=NN. The van der Waals surface area contributed by atoms with Crippen molar-refractivity contribution in [3.8, 4) is 0 Å². The van der Waals surface area contributed by atoms with E-state index in [1.54, 1.807) is 0 Å². The number of rotatable bonds is 7. The molecule has 0 rings (SSSR count). The maximum absolute atomic E-state index is 10.3. The van der Waals surface area contributed by atoms with E-state index in [4.69, 9.17) is 21.3 Å². The second-order valence-electron chi connectivity index (χ2n) is 3.16. The lowest BCUT2D eigenvalue weighted by molar-refractivity contribution is -0.154. The maximum atomic E-state index is 10.3. The molecule has 0 aromatic rings. The number of nitrogens with one attached hydrogen (secondary N) is 2. The molecule has 0 fully saturated rings. The Labute approximate surface area is 120 Å². The van der Waals surface area contributed by atoms with Gasteiger partial charge in [0.2, 0.25) is 0 Å². The summed E-state index contributed by atoms with van der Waals surface area (Å²) in [5, 5.41) is 27.9. The van der Waals surface area contributed by atoms with E-state index in [0.717, 1.165) is 19.1 Å². The number of nitrogens with zero attached hydrogens (tertiary/aromatic N) is 4. The predicted octanol–water partition coefficient (Wildman–Crippen LogP) is 0.801. The molecule has 0 aliphatic rings. The highest BCUT2D eigenvalue weighted by Crippen LogP contribution is 2.08. The van der Waals surface area contributed by atoms with Gasteiger partial charge in [0.25, 0.3) is 0 Å². The van der Waals surface area contributed by atoms with Gasteiger partial charge in [-0.2, -0.15) is 10.2 Å². The molecule has 0 aromatic heterocycles. The molecule has 0 spiro atoms. The standard InChI is InChI=1S/C7H12O4.2CH4N4/c1-2-3-4-5(6(8)9)7(10)11;2*2-4-1-5-3/h5H,2-4H2,1H3,(H,8,9)(H,10,11);2*1-2H,3H2. The quantitative estimate of drug-likeness (QED) is 0.0994. The van der Waals surface area contributed by atoms with Gasteiger partial charge in [0.1, 0.15) is 0 Å². The second kappa shape index (κ2) is 19.4. The Morgan fingerprint density at radius 1 is 1.10 bits per heavy atom. The van der Waals surface area contributed by atoms with Crippen LogP contribution in [-0.2, 0) is 9.59 Å². The van der Waals surface area contributed by atoms with Crippen molar-refractivity contribution in [2.45, 2.75) is 26.2 Å². The molecule has 12 nitrogen and oxygen atoms in total. The van der Waals surface area contributed by atoms with Crippen molar-refractivity contribution in [1.82, 2.24) is 0 Å². The largest absolute Gasteiger partial charge is 0.481 e. The van der Waals surface area contributed by atoms with E-state index in [9.17, 15) is 9.59 Å². The minimum atomic E-state index is -1.24. The number of nitrogens with two attached hydrogens (primary N) is 2. The maximum Gasteiger partial charge on any atom is 0.317 e. The van der Waals surface area contributed by atoms with E-state index in [1.165, 1.54) is 0 Å². The molecule has 120 valence electrons. The zero-order valence-electron chi connectivity index (χ0n) is 11.5. The Balaban J connectivity index is -0.000000270. The Morgan fingerprint density at radius 2 is 1.48 bits per heavy atom. The first-order valence-electron chi connectivity index (χ1n) is 5.54. The number of hydrogen-bond acceptors (Lipinski definition) is 8. The fourth-order valence-corrected chi connectivity index (χ4v) is 0.827. The summed E-state index contributed by atoms with van der Waals surface area (Å²) < 4.78 is 0. The van der Waals surface area contributed by atoms with Gasteiger partial charge in [0, 0.05) is 0 Å². The molecule has 21 heavy (non-hydrogen) atoms. The van der Waals surface area contributed by atoms with Crippen molar-refractivity contribution < 1.29 is 19.8 Å². The number of hydrogen-bond donors (Lipinski definition) is 6. The van der Waals surface area contributed by atoms with Crippen molar-refractivity contribution in [3.63, 3.8) is 0 Å². The van der Waals surface area contributed by atoms with Crippen LogP contribution < -0.4 is 11.7 Å². The molecule has 0 aromatic carbocycles. The van der Waals surface area contributed by atoms with E-state index in [2.05, 4.69) is 32.1 Å². The van der Waals surface area contributed by atoms with Crippen LogP contribution in [0.15, 0.2) is 20.4 Å². The topological polar surface area (TPSA) is 224 Å². The minimum absolute atomic E-state index is 0.223. The zero-order valence-corrected chi connectivity index (χ0v) is 11.5. The summed E-state index contributed by atoms with van der Waals surface area (Å²) in [5.74, 6) is 5.27. The molecule has 0 aliphatic carbocycles. The molecule has 0 radical (unpaired) electrons. The summed E-state index contributed by atoms with van der Waals surface area (Å²) >= 11 is 0. The monoisotopic (exact) mass is 304 g/mol. The molecule has 0 bridgehead atoms. The Kier molecular flexibility index (Phi) is 21.4. The Morgan fingerprint density at radius 3 is 1.62 bits per heavy atom. The van der Waals surface area contributed by atoms with Crippen molar-refractivity contribution in [3.05, 3.63) is 0 Å². The third-order valence-electron chi connectivity index (χ3n) is 1.69. The van der Waals surface area contributed by atoms with Crippen LogP contribution in [0.4, 0.5) is 0 Å². The number of unbranched alkanes of at least 4 members (excludes halogenated alkanes) is 1. The predicted molar refractivity (Wildman–Crippen MR) is 73.9 cm³/mol. The smallest absolute Gasteiger partial charge is 0.317 e. The molecular weight excluding hydrogens is 284 g/mol. The summed E-state index contributed by atoms with van der Waals surface area (Å²) in [6.07, 6.45) is 3.57. The average molecular weight is 304 g/mol. The minimum Gasteiger partial charge on any atom is -0.481 e. The molecular formula is C9H20N8O4. The third-order valence-corrected chi connectivity index (χ3v) is 1.69. The third kappa shape index (κ3) is 22.7. The molecule has 0 heterocycles. The molecule has 8 N–H and O–H groups in total. The van der Waals surface area contributed by atoms with Crippen molar-refractivity contribution >= 4 is 24.6 Å². The number of hydrazone groups is 2. The van der Waals surface area contributed by atoms with Gasteiger partial charge < -0.3 is 21.9 Å². The highest BCUT2D eigenvalue weighted by atomic mass is 16.4. The van der Waals surface area contributed by atoms with Crippen LogP contribution in [0.1, 0.15) is 26.2 Å². The second-order valence-corrected chi connectivity index (χ2v) is 3.16. The van der Waals surface area contributed by atoms with E-state index in [1.807, 2.05) is 6.92 Å². The number of carbonyl (C=O) groups is 2. The van der Waals surface area contributed by atoms with E-state index < -0.39 is 17.9 Å². The van der Waals surface area contributed by atoms with E-state index in [-0.39, 0.29) is 6.42 Å². The number of carboxylic acids is 2. The van der Waals surface area contributed by atoms with Crippen LogP contribution in [0.5, 0.6) is 0 Å². The molecule has 0 saturated heterocycles. The van der Waals surface area contributed by atoms with E-state index in [0.29, 0.717) is 6.42 Å². The lowest BCUT2D eigenvalue weighted by Crippen LogP contribution is -2.22. The summed E-state index contributed by atoms with van der Waals surface area (Å²) in [5.41, 5.74) is 12.0.